The van der Waals surface area contributed by atoms with E-state index in [2.05, 4.69) is 15.2 Å². The van der Waals surface area contributed by atoms with Crippen molar-refractivity contribution in [3.63, 3.8) is 0 Å². The van der Waals surface area contributed by atoms with Gasteiger partial charge in [-0.15, -0.1) is 0 Å². The zero-order valence-electron chi connectivity index (χ0n) is 15.1. The highest BCUT2D eigenvalue weighted by molar-refractivity contribution is 5.78. The smallest absolute Gasteiger partial charge is 0.260 e. The molecule has 28 heavy (non-hydrogen) atoms. The number of likely N-dealkylation sites (tertiary alicyclic amines) is 1. The predicted molar refractivity (Wildman–Crippen MR) is 102 cm³/mol. The lowest BCUT2D eigenvalue weighted by Gasteiger charge is -2.17. The highest BCUT2D eigenvalue weighted by atomic mass is 19.1. The minimum absolute atomic E-state index is 0.0743. The molecule has 0 bridgehead atoms. The van der Waals surface area contributed by atoms with Crippen LogP contribution in [-0.4, -0.2) is 45.7 Å². The molecule has 0 radical (unpaired) electrons. The topological polar surface area (TPSA) is 97.1 Å². The number of hydrogen-bond donors (Lipinski definition) is 2. The van der Waals surface area contributed by atoms with Crippen molar-refractivity contribution < 1.29 is 13.9 Å². The summed E-state index contributed by atoms with van der Waals surface area (Å²) in [5.74, 6) is 0.637. The minimum Gasteiger partial charge on any atom is -0.484 e. The Morgan fingerprint density at radius 2 is 2.14 bits per heavy atom. The zero-order chi connectivity index (χ0) is 19.5. The monoisotopic (exact) mass is 381 g/mol. The van der Waals surface area contributed by atoms with Crippen molar-refractivity contribution in [2.75, 3.05) is 25.4 Å². The van der Waals surface area contributed by atoms with Crippen LogP contribution in [0.1, 0.15) is 18.0 Å². The number of carbonyl (C=O) groups is 1. The number of H-pyrrole nitrogens is 1. The predicted octanol–water partition coefficient (Wildman–Crippen LogP) is 2.59. The quantitative estimate of drug-likeness (QED) is 0.708. The molecular formula is C20H20FN5O2. The Hall–Kier alpha value is -3.42. The zero-order valence-corrected chi connectivity index (χ0v) is 15.1. The first kappa shape index (κ1) is 18.0. The molecule has 4 rings (SSSR count). The lowest BCUT2D eigenvalue weighted by atomic mass is 9.97. The van der Waals surface area contributed by atoms with E-state index in [9.17, 15) is 9.18 Å². The van der Waals surface area contributed by atoms with E-state index < -0.39 is 0 Å². The van der Waals surface area contributed by atoms with Gasteiger partial charge < -0.3 is 15.4 Å². The van der Waals surface area contributed by atoms with Crippen molar-refractivity contribution in [1.29, 1.82) is 0 Å². The molecule has 0 spiro atoms. The van der Waals surface area contributed by atoms with Gasteiger partial charge in [-0.05, 0) is 48.4 Å². The number of benzene rings is 1. The maximum atomic E-state index is 12.9. The third-order valence-electron chi connectivity index (χ3n) is 4.89. The van der Waals surface area contributed by atoms with E-state index in [1.165, 1.54) is 24.3 Å². The van der Waals surface area contributed by atoms with E-state index in [0.717, 1.165) is 23.2 Å². The van der Waals surface area contributed by atoms with E-state index in [1.54, 1.807) is 17.3 Å². The molecule has 2 aromatic heterocycles. The Kier molecular flexibility index (Phi) is 4.92. The largest absolute Gasteiger partial charge is 0.484 e. The summed E-state index contributed by atoms with van der Waals surface area (Å²) in [5.41, 5.74) is 8.69. The second kappa shape index (κ2) is 7.67. The standard InChI is InChI=1S/C20H20FN5O2/c21-15-1-3-16(4-2-15)28-12-19(27)26-8-6-14(11-26)20-17(10-24-25-20)13-5-7-23-18(22)9-13/h1-5,7,9-10,14H,6,8,11-12H2,(H2,22,23)(H,24,25)/t14-/m1/s1. The molecule has 1 saturated heterocycles. The molecule has 1 aromatic carbocycles. The second-order valence-corrected chi connectivity index (χ2v) is 6.73. The molecule has 1 aliphatic rings. The summed E-state index contributed by atoms with van der Waals surface area (Å²) in [7, 11) is 0. The average molecular weight is 381 g/mol. The van der Waals surface area contributed by atoms with Crippen LogP contribution in [0.3, 0.4) is 0 Å². The van der Waals surface area contributed by atoms with Gasteiger partial charge in [-0.1, -0.05) is 0 Å². The van der Waals surface area contributed by atoms with Crippen molar-refractivity contribution in [1.82, 2.24) is 20.1 Å². The molecule has 0 aliphatic carbocycles. The van der Waals surface area contributed by atoms with Crippen molar-refractivity contribution >= 4 is 11.7 Å². The number of carbonyl (C=O) groups excluding carboxylic acids is 1. The Balaban J connectivity index is 1.40. The van der Waals surface area contributed by atoms with E-state index in [1.807, 2.05) is 12.1 Å². The van der Waals surface area contributed by atoms with E-state index in [0.29, 0.717) is 24.7 Å². The van der Waals surface area contributed by atoms with Crippen LogP contribution in [0.5, 0.6) is 5.75 Å². The van der Waals surface area contributed by atoms with Gasteiger partial charge in [-0.25, -0.2) is 9.37 Å². The minimum atomic E-state index is -0.340. The molecule has 3 heterocycles. The molecule has 1 aliphatic heterocycles. The maximum Gasteiger partial charge on any atom is 0.260 e. The summed E-state index contributed by atoms with van der Waals surface area (Å²) in [6, 6.07) is 9.32. The Morgan fingerprint density at radius 1 is 1.32 bits per heavy atom. The Bertz CT molecular complexity index is 973. The van der Waals surface area contributed by atoms with Crippen LogP contribution in [0, 0.1) is 5.82 Å². The fraction of sp³-hybridized carbons (Fsp3) is 0.250. The van der Waals surface area contributed by atoms with Gasteiger partial charge in [-0.2, -0.15) is 5.10 Å². The Labute approximate surface area is 161 Å². The SMILES string of the molecule is Nc1cc(-c2cn[nH]c2[C@@H]2CCN(C(=O)COc3ccc(F)cc3)C2)ccn1. The molecule has 1 atom stereocenters. The van der Waals surface area contributed by atoms with Gasteiger partial charge in [0.15, 0.2) is 6.61 Å². The van der Waals surface area contributed by atoms with Crippen molar-refractivity contribution in [3.05, 3.63) is 60.3 Å². The molecule has 1 amide bonds. The van der Waals surface area contributed by atoms with Crippen LogP contribution < -0.4 is 10.5 Å². The van der Waals surface area contributed by atoms with Gasteiger partial charge in [-0.3, -0.25) is 9.89 Å². The molecule has 0 saturated carbocycles. The van der Waals surface area contributed by atoms with Crippen LogP contribution in [0.25, 0.3) is 11.1 Å². The lowest BCUT2D eigenvalue weighted by molar-refractivity contribution is -0.132. The molecular weight excluding hydrogens is 361 g/mol. The fourth-order valence-corrected chi connectivity index (χ4v) is 3.44. The number of hydrogen-bond acceptors (Lipinski definition) is 5. The number of nitrogens with one attached hydrogen (secondary N) is 1. The summed E-state index contributed by atoms with van der Waals surface area (Å²) in [5, 5.41) is 7.25. The average Bonchev–Trinajstić information content (AvgIpc) is 3.36. The number of nitrogens with two attached hydrogens (primary N) is 1. The first-order valence-electron chi connectivity index (χ1n) is 9.01. The number of aromatic nitrogens is 3. The number of halogens is 1. The third-order valence-corrected chi connectivity index (χ3v) is 4.89. The molecule has 1 fully saturated rings. The van der Waals surface area contributed by atoms with Gasteiger partial charge in [0.1, 0.15) is 17.4 Å². The molecule has 3 N–H and O–H groups in total. The number of ether oxygens (including phenoxy) is 1. The van der Waals surface area contributed by atoms with Crippen LogP contribution in [0.2, 0.25) is 0 Å². The number of pyridine rings is 1. The van der Waals surface area contributed by atoms with Crippen LogP contribution in [0.15, 0.2) is 48.8 Å². The lowest BCUT2D eigenvalue weighted by Crippen LogP contribution is -2.32. The normalized spacial score (nSPS) is 16.3. The van der Waals surface area contributed by atoms with E-state index in [4.69, 9.17) is 10.5 Å². The molecule has 0 unspecified atom stereocenters. The van der Waals surface area contributed by atoms with Gasteiger partial charge in [0, 0.05) is 36.5 Å². The van der Waals surface area contributed by atoms with E-state index in [-0.39, 0.29) is 24.2 Å². The summed E-state index contributed by atoms with van der Waals surface area (Å²) >= 11 is 0. The van der Waals surface area contributed by atoms with E-state index >= 15 is 0 Å². The second-order valence-electron chi connectivity index (χ2n) is 6.73. The van der Waals surface area contributed by atoms with Crippen molar-refractivity contribution in [2.24, 2.45) is 0 Å². The number of rotatable bonds is 5. The van der Waals surface area contributed by atoms with Gasteiger partial charge >= 0.3 is 0 Å². The van der Waals surface area contributed by atoms with Crippen LogP contribution >= 0.6 is 0 Å². The van der Waals surface area contributed by atoms with Crippen molar-refractivity contribution in [3.8, 4) is 16.9 Å². The molecule has 144 valence electrons. The molecule has 3 aromatic rings. The molecule has 8 heteroatoms. The fourth-order valence-electron chi connectivity index (χ4n) is 3.44. The molecule has 7 nitrogen and oxygen atoms in total. The highest BCUT2D eigenvalue weighted by Crippen LogP contribution is 2.33. The summed E-state index contributed by atoms with van der Waals surface area (Å²) in [6.07, 6.45) is 4.27. The third kappa shape index (κ3) is 3.80. The number of aromatic amines is 1. The summed E-state index contributed by atoms with van der Waals surface area (Å²) < 4.78 is 18.4. The van der Waals surface area contributed by atoms with Gasteiger partial charge in [0.05, 0.1) is 6.20 Å². The van der Waals surface area contributed by atoms with Gasteiger partial charge in [0.25, 0.3) is 5.91 Å². The number of amides is 1. The number of nitrogen functional groups attached to an aromatic ring is 1. The van der Waals surface area contributed by atoms with Crippen molar-refractivity contribution in [2.45, 2.75) is 12.3 Å². The van der Waals surface area contributed by atoms with Gasteiger partial charge in [0.2, 0.25) is 0 Å². The highest BCUT2D eigenvalue weighted by Gasteiger charge is 2.30. The first-order chi connectivity index (χ1) is 13.6. The number of nitrogens with zero attached hydrogens (tertiary/aromatic N) is 3. The van der Waals surface area contributed by atoms with Crippen LogP contribution in [-0.2, 0) is 4.79 Å². The summed E-state index contributed by atoms with van der Waals surface area (Å²) in [6.45, 7) is 1.16. The first-order valence-corrected chi connectivity index (χ1v) is 9.01. The Morgan fingerprint density at radius 3 is 2.93 bits per heavy atom. The summed E-state index contributed by atoms with van der Waals surface area (Å²) in [4.78, 5) is 18.3. The number of anilines is 1. The van der Waals surface area contributed by atoms with Crippen LogP contribution in [0.4, 0.5) is 10.2 Å². The maximum absolute atomic E-state index is 12.9.